The number of nitrogens with one attached hydrogen (secondary N) is 1. The monoisotopic (exact) mass is 211 g/mol. The van der Waals surface area contributed by atoms with Crippen LogP contribution >= 0.6 is 11.3 Å². The molecule has 2 heterocycles. The van der Waals surface area contributed by atoms with Crippen LogP contribution in [-0.2, 0) is 13.0 Å². The van der Waals surface area contributed by atoms with E-state index in [0.717, 1.165) is 18.7 Å². The Morgan fingerprint density at radius 1 is 1.79 bits per heavy atom. The zero-order chi connectivity index (χ0) is 9.97. The molecule has 1 aliphatic heterocycles. The number of aromatic nitrogens is 1. The average molecular weight is 211 g/mol. The minimum absolute atomic E-state index is 0.0338. The zero-order valence-electron chi connectivity index (χ0n) is 8.12. The molecule has 0 radical (unpaired) electrons. The summed E-state index contributed by atoms with van der Waals surface area (Å²) in [5.74, 6) is 0. The predicted molar refractivity (Wildman–Crippen MR) is 55.3 cm³/mol. The minimum Gasteiger partial charge on any atom is -0.338 e. The summed E-state index contributed by atoms with van der Waals surface area (Å²) in [7, 11) is 0. The minimum atomic E-state index is 0.0338. The van der Waals surface area contributed by atoms with Crippen LogP contribution in [0.15, 0.2) is 5.51 Å². The van der Waals surface area contributed by atoms with Crippen LogP contribution in [0.2, 0.25) is 0 Å². The van der Waals surface area contributed by atoms with Crippen molar-refractivity contribution in [3.63, 3.8) is 0 Å². The number of hydrogen-bond acceptors (Lipinski definition) is 3. The molecule has 2 amide bonds. The lowest BCUT2D eigenvalue weighted by molar-refractivity contribution is 0.193. The van der Waals surface area contributed by atoms with E-state index in [-0.39, 0.29) is 6.03 Å². The van der Waals surface area contributed by atoms with E-state index in [1.807, 2.05) is 17.3 Å². The zero-order valence-corrected chi connectivity index (χ0v) is 8.93. The molecule has 0 atom stereocenters. The quantitative estimate of drug-likeness (QED) is 0.759. The van der Waals surface area contributed by atoms with Crippen molar-refractivity contribution in [3.8, 4) is 0 Å². The Hall–Kier alpha value is -1.10. The fourth-order valence-electron chi connectivity index (χ4n) is 1.56. The van der Waals surface area contributed by atoms with Crippen LogP contribution in [0.25, 0.3) is 0 Å². The maximum Gasteiger partial charge on any atom is 0.317 e. The maximum absolute atomic E-state index is 11.5. The van der Waals surface area contributed by atoms with Gasteiger partial charge in [0.25, 0.3) is 0 Å². The second kappa shape index (κ2) is 3.96. The summed E-state index contributed by atoms with van der Waals surface area (Å²) >= 11 is 1.63. The Bertz CT molecular complexity index is 337. The van der Waals surface area contributed by atoms with Gasteiger partial charge in [0.05, 0.1) is 17.7 Å². The molecule has 0 aromatic carbocycles. The molecule has 0 unspecified atom stereocenters. The average Bonchev–Trinajstić information content (AvgIpc) is 2.64. The molecule has 14 heavy (non-hydrogen) atoms. The van der Waals surface area contributed by atoms with Gasteiger partial charge in [-0.3, -0.25) is 0 Å². The molecule has 2 rings (SSSR count). The highest BCUT2D eigenvalue weighted by atomic mass is 32.1. The first kappa shape index (κ1) is 9.45. The Morgan fingerprint density at radius 2 is 2.64 bits per heavy atom. The van der Waals surface area contributed by atoms with Gasteiger partial charge in [0.15, 0.2) is 0 Å². The summed E-state index contributed by atoms with van der Waals surface area (Å²) in [6.45, 7) is 4.11. The third-order valence-electron chi connectivity index (χ3n) is 2.29. The first-order valence-electron chi connectivity index (χ1n) is 4.75. The molecule has 4 nitrogen and oxygen atoms in total. The van der Waals surface area contributed by atoms with Crippen molar-refractivity contribution in [2.45, 2.75) is 19.9 Å². The number of urea groups is 1. The SMILES string of the molecule is CCNC(=O)N1CCc2ncsc2C1. The Morgan fingerprint density at radius 3 is 3.43 bits per heavy atom. The lowest BCUT2D eigenvalue weighted by Crippen LogP contribution is -2.42. The number of fused-ring (bicyclic) bond motifs is 1. The van der Waals surface area contributed by atoms with Crippen molar-refractivity contribution in [2.24, 2.45) is 0 Å². The fourth-order valence-corrected chi connectivity index (χ4v) is 2.38. The Balaban J connectivity index is 2.04. The van der Waals surface area contributed by atoms with Crippen molar-refractivity contribution in [1.82, 2.24) is 15.2 Å². The van der Waals surface area contributed by atoms with Gasteiger partial charge in [0.2, 0.25) is 0 Å². The smallest absolute Gasteiger partial charge is 0.317 e. The molecule has 0 spiro atoms. The van der Waals surface area contributed by atoms with Gasteiger partial charge >= 0.3 is 6.03 Å². The summed E-state index contributed by atoms with van der Waals surface area (Å²) < 4.78 is 0. The molecule has 76 valence electrons. The molecule has 0 bridgehead atoms. The van der Waals surface area contributed by atoms with Gasteiger partial charge in [-0.25, -0.2) is 9.78 Å². The highest BCUT2D eigenvalue weighted by Crippen LogP contribution is 2.21. The molecule has 0 saturated carbocycles. The lowest BCUT2D eigenvalue weighted by atomic mass is 10.2. The van der Waals surface area contributed by atoms with Gasteiger partial charge in [-0.2, -0.15) is 0 Å². The number of carbonyl (C=O) groups excluding carboxylic acids is 1. The highest BCUT2D eigenvalue weighted by Gasteiger charge is 2.21. The predicted octanol–water partition coefficient (Wildman–Crippen LogP) is 1.23. The molecule has 5 heteroatoms. The van der Waals surface area contributed by atoms with Crippen LogP contribution in [0, 0.1) is 0 Å². The summed E-state index contributed by atoms with van der Waals surface area (Å²) in [5, 5.41) is 2.81. The van der Waals surface area contributed by atoms with E-state index in [2.05, 4.69) is 10.3 Å². The van der Waals surface area contributed by atoms with Crippen molar-refractivity contribution >= 4 is 17.4 Å². The molecule has 1 N–H and O–H groups in total. The second-order valence-corrected chi connectivity index (χ2v) is 4.17. The first-order chi connectivity index (χ1) is 6.81. The molecule has 1 aromatic heterocycles. The molecule has 0 saturated heterocycles. The Labute approximate surface area is 86.9 Å². The van der Waals surface area contributed by atoms with Crippen LogP contribution in [0.4, 0.5) is 4.79 Å². The largest absolute Gasteiger partial charge is 0.338 e. The molecule has 0 fully saturated rings. The van der Waals surface area contributed by atoms with E-state index in [4.69, 9.17) is 0 Å². The Kier molecular flexibility index (Phi) is 2.67. The van der Waals surface area contributed by atoms with Gasteiger partial charge in [-0.05, 0) is 6.92 Å². The van der Waals surface area contributed by atoms with E-state index < -0.39 is 0 Å². The molecular formula is C9H13N3OS. The van der Waals surface area contributed by atoms with E-state index in [1.165, 1.54) is 4.88 Å². The first-order valence-corrected chi connectivity index (χ1v) is 5.63. The second-order valence-electron chi connectivity index (χ2n) is 3.23. The molecule has 0 aliphatic carbocycles. The fraction of sp³-hybridized carbons (Fsp3) is 0.556. The number of hydrogen-bond donors (Lipinski definition) is 1. The van der Waals surface area contributed by atoms with Crippen LogP contribution < -0.4 is 5.32 Å². The highest BCUT2D eigenvalue weighted by molar-refractivity contribution is 7.09. The van der Waals surface area contributed by atoms with Crippen molar-refractivity contribution in [3.05, 3.63) is 16.1 Å². The van der Waals surface area contributed by atoms with Gasteiger partial charge in [-0.15, -0.1) is 11.3 Å². The van der Waals surface area contributed by atoms with Gasteiger partial charge in [0.1, 0.15) is 0 Å². The van der Waals surface area contributed by atoms with Crippen LogP contribution in [-0.4, -0.2) is 29.0 Å². The third-order valence-corrected chi connectivity index (χ3v) is 3.15. The third kappa shape index (κ3) is 1.72. The standard InChI is InChI=1S/C9H13N3OS/c1-2-10-9(13)12-4-3-7-8(5-12)14-6-11-7/h6H,2-5H2,1H3,(H,10,13). The normalized spacial score (nSPS) is 15.1. The summed E-state index contributed by atoms with van der Waals surface area (Å²) in [6, 6.07) is 0.0338. The number of carbonyl (C=O) groups is 1. The van der Waals surface area contributed by atoms with E-state index >= 15 is 0 Å². The number of nitrogens with zero attached hydrogens (tertiary/aromatic N) is 2. The topological polar surface area (TPSA) is 45.2 Å². The molecule has 1 aromatic rings. The lowest BCUT2D eigenvalue weighted by Gasteiger charge is -2.26. The van der Waals surface area contributed by atoms with Crippen LogP contribution in [0.5, 0.6) is 0 Å². The summed E-state index contributed by atoms with van der Waals surface area (Å²) in [5.41, 5.74) is 3.02. The van der Waals surface area contributed by atoms with Gasteiger partial charge in [0, 0.05) is 24.4 Å². The van der Waals surface area contributed by atoms with E-state index in [0.29, 0.717) is 13.1 Å². The van der Waals surface area contributed by atoms with Crippen molar-refractivity contribution in [1.29, 1.82) is 0 Å². The summed E-state index contributed by atoms with van der Waals surface area (Å²) in [6.07, 6.45) is 0.885. The van der Waals surface area contributed by atoms with Gasteiger partial charge in [-0.1, -0.05) is 0 Å². The van der Waals surface area contributed by atoms with Crippen molar-refractivity contribution in [2.75, 3.05) is 13.1 Å². The molecule has 1 aliphatic rings. The van der Waals surface area contributed by atoms with E-state index in [1.54, 1.807) is 11.3 Å². The summed E-state index contributed by atoms with van der Waals surface area (Å²) in [4.78, 5) is 18.8. The number of amides is 2. The van der Waals surface area contributed by atoms with Crippen molar-refractivity contribution < 1.29 is 4.79 Å². The van der Waals surface area contributed by atoms with E-state index in [9.17, 15) is 4.79 Å². The maximum atomic E-state index is 11.5. The van der Waals surface area contributed by atoms with Gasteiger partial charge < -0.3 is 10.2 Å². The number of rotatable bonds is 1. The molecular weight excluding hydrogens is 198 g/mol. The van der Waals surface area contributed by atoms with Crippen LogP contribution in [0.3, 0.4) is 0 Å². The van der Waals surface area contributed by atoms with Crippen LogP contribution in [0.1, 0.15) is 17.5 Å². The number of thiazole rings is 1.